The molecule has 1 rings (SSSR count). The van der Waals surface area contributed by atoms with E-state index in [1.165, 1.54) is 7.11 Å². The van der Waals surface area contributed by atoms with Gasteiger partial charge in [-0.25, -0.2) is 0 Å². The molecule has 0 aromatic rings. The zero-order valence-electron chi connectivity index (χ0n) is 12.4. The number of hydrogen-bond donors (Lipinski definition) is 0. The lowest BCUT2D eigenvalue weighted by atomic mass is 9.98. The highest BCUT2D eigenvalue weighted by Crippen LogP contribution is 2.18. The van der Waals surface area contributed by atoms with Gasteiger partial charge in [-0.15, -0.1) is 0 Å². The van der Waals surface area contributed by atoms with Crippen molar-refractivity contribution in [3.05, 3.63) is 0 Å². The van der Waals surface area contributed by atoms with Gasteiger partial charge in [0.1, 0.15) is 0 Å². The van der Waals surface area contributed by atoms with Crippen LogP contribution in [0.3, 0.4) is 0 Å². The Morgan fingerprint density at radius 2 is 2.00 bits per heavy atom. The Hall–Kier alpha value is -0.650. The number of likely N-dealkylation sites (tertiary alicyclic amines) is 1. The summed E-state index contributed by atoms with van der Waals surface area (Å²) < 4.78 is 15.9. The SMILES string of the molecule is CCOC(CCN1CCC[C@H](C(=O)OC)C1)OCC. The van der Waals surface area contributed by atoms with E-state index in [1.54, 1.807) is 0 Å². The summed E-state index contributed by atoms with van der Waals surface area (Å²) in [4.78, 5) is 13.9. The van der Waals surface area contributed by atoms with Gasteiger partial charge < -0.3 is 19.1 Å². The van der Waals surface area contributed by atoms with E-state index < -0.39 is 0 Å². The number of ether oxygens (including phenoxy) is 3. The molecule has 1 aliphatic rings. The third kappa shape index (κ3) is 5.89. The van der Waals surface area contributed by atoms with E-state index >= 15 is 0 Å². The molecule has 0 aliphatic carbocycles. The Labute approximate surface area is 116 Å². The molecule has 1 atom stereocenters. The van der Waals surface area contributed by atoms with Gasteiger partial charge in [-0.05, 0) is 33.2 Å². The Morgan fingerprint density at radius 3 is 2.58 bits per heavy atom. The quantitative estimate of drug-likeness (QED) is 0.497. The molecular formula is C14H27NO4. The third-order valence-corrected chi connectivity index (χ3v) is 3.43. The molecule has 0 saturated carbocycles. The van der Waals surface area contributed by atoms with Gasteiger partial charge in [0.15, 0.2) is 6.29 Å². The molecule has 1 aliphatic heterocycles. The molecular weight excluding hydrogens is 246 g/mol. The molecule has 0 N–H and O–H groups in total. The van der Waals surface area contributed by atoms with Crippen LogP contribution in [0, 0.1) is 5.92 Å². The van der Waals surface area contributed by atoms with Gasteiger partial charge >= 0.3 is 5.97 Å². The fourth-order valence-electron chi connectivity index (χ4n) is 2.49. The summed E-state index contributed by atoms with van der Waals surface area (Å²) in [5, 5.41) is 0. The minimum absolute atomic E-state index is 0.0244. The second-order valence-corrected chi connectivity index (χ2v) is 4.79. The first-order valence-electron chi connectivity index (χ1n) is 7.24. The van der Waals surface area contributed by atoms with Crippen molar-refractivity contribution in [1.82, 2.24) is 4.90 Å². The first-order valence-corrected chi connectivity index (χ1v) is 7.24. The molecule has 0 bridgehead atoms. The molecule has 5 nitrogen and oxygen atoms in total. The lowest BCUT2D eigenvalue weighted by Crippen LogP contribution is -2.40. The number of carbonyl (C=O) groups excluding carboxylic acids is 1. The van der Waals surface area contributed by atoms with Crippen LogP contribution in [-0.2, 0) is 19.0 Å². The Balaban J connectivity index is 2.32. The fourth-order valence-corrected chi connectivity index (χ4v) is 2.49. The molecule has 0 aromatic carbocycles. The summed E-state index contributed by atoms with van der Waals surface area (Å²) in [6.07, 6.45) is 2.70. The number of carbonyl (C=O) groups is 1. The highest BCUT2D eigenvalue weighted by Gasteiger charge is 2.26. The average molecular weight is 273 g/mol. The van der Waals surface area contributed by atoms with E-state index in [0.717, 1.165) is 38.9 Å². The van der Waals surface area contributed by atoms with Gasteiger partial charge in [0.05, 0.1) is 13.0 Å². The molecule has 5 heteroatoms. The largest absolute Gasteiger partial charge is 0.469 e. The van der Waals surface area contributed by atoms with Crippen LogP contribution < -0.4 is 0 Å². The van der Waals surface area contributed by atoms with Gasteiger partial charge in [0.2, 0.25) is 0 Å². The normalized spacial score (nSPS) is 20.7. The number of hydrogen-bond acceptors (Lipinski definition) is 5. The van der Waals surface area contributed by atoms with Crippen molar-refractivity contribution in [2.75, 3.05) is 40.0 Å². The first kappa shape index (κ1) is 16.4. The average Bonchev–Trinajstić information content (AvgIpc) is 2.44. The molecule has 1 fully saturated rings. The number of rotatable bonds is 8. The van der Waals surface area contributed by atoms with Crippen LogP contribution in [0.15, 0.2) is 0 Å². The van der Waals surface area contributed by atoms with E-state index in [1.807, 2.05) is 13.8 Å². The van der Waals surface area contributed by atoms with Crippen LogP contribution in [0.2, 0.25) is 0 Å². The minimum atomic E-state index is -0.131. The zero-order valence-corrected chi connectivity index (χ0v) is 12.4. The summed E-state index contributed by atoms with van der Waals surface area (Å²) >= 11 is 0. The maximum atomic E-state index is 11.6. The highest BCUT2D eigenvalue weighted by molar-refractivity contribution is 5.72. The van der Waals surface area contributed by atoms with Crippen molar-refractivity contribution in [1.29, 1.82) is 0 Å². The van der Waals surface area contributed by atoms with Crippen molar-refractivity contribution in [3.8, 4) is 0 Å². The predicted molar refractivity (Wildman–Crippen MR) is 72.8 cm³/mol. The number of esters is 1. The Bertz CT molecular complexity index is 254. The van der Waals surface area contributed by atoms with Gasteiger partial charge in [0.25, 0.3) is 0 Å². The molecule has 1 heterocycles. The van der Waals surface area contributed by atoms with Crippen LogP contribution >= 0.6 is 0 Å². The summed E-state index contributed by atoms with van der Waals surface area (Å²) in [5.74, 6) is -0.0627. The summed E-state index contributed by atoms with van der Waals surface area (Å²) in [6, 6.07) is 0. The summed E-state index contributed by atoms with van der Waals surface area (Å²) in [5.41, 5.74) is 0. The number of piperidine rings is 1. The van der Waals surface area contributed by atoms with Crippen LogP contribution in [0.4, 0.5) is 0 Å². The maximum Gasteiger partial charge on any atom is 0.309 e. The van der Waals surface area contributed by atoms with Gasteiger partial charge in [-0.3, -0.25) is 4.79 Å². The third-order valence-electron chi connectivity index (χ3n) is 3.43. The fraction of sp³-hybridized carbons (Fsp3) is 0.929. The van der Waals surface area contributed by atoms with Gasteiger partial charge in [0, 0.05) is 32.7 Å². The Morgan fingerprint density at radius 1 is 1.32 bits per heavy atom. The molecule has 1 saturated heterocycles. The minimum Gasteiger partial charge on any atom is -0.469 e. The number of methoxy groups -OCH3 is 1. The van der Waals surface area contributed by atoms with Crippen LogP contribution in [0.1, 0.15) is 33.1 Å². The zero-order chi connectivity index (χ0) is 14.1. The van der Waals surface area contributed by atoms with E-state index in [-0.39, 0.29) is 18.2 Å². The summed E-state index contributed by atoms with van der Waals surface area (Å²) in [7, 11) is 1.46. The highest BCUT2D eigenvalue weighted by atomic mass is 16.7. The molecule has 0 amide bonds. The van der Waals surface area contributed by atoms with Crippen molar-refractivity contribution < 1.29 is 19.0 Å². The van der Waals surface area contributed by atoms with Crippen molar-refractivity contribution >= 4 is 5.97 Å². The van der Waals surface area contributed by atoms with Gasteiger partial charge in [-0.1, -0.05) is 0 Å². The molecule has 0 unspecified atom stereocenters. The molecule has 0 aromatic heterocycles. The van der Waals surface area contributed by atoms with Crippen LogP contribution in [0.5, 0.6) is 0 Å². The molecule has 112 valence electrons. The monoisotopic (exact) mass is 273 g/mol. The molecule has 0 spiro atoms. The first-order chi connectivity index (χ1) is 9.21. The standard InChI is InChI=1S/C14H27NO4/c1-4-18-13(19-5-2)8-10-15-9-6-7-12(11-15)14(16)17-3/h12-13H,4-11H2,1-3H3/t12-/m0/s1. The summed E-state index contributed by atoms with van der Waals surface area (Å²) in [6.45, 7) is 8.00. The molecule has 19 heavy (non-hydrogen) atoms. The van der Waals surface area contributed by atoms with E-state index in [0.29, 0.717) is 13.2 Å². The van der Waals surface area contributed by atoms with Crippen molar-refractivity contribution in [2.24, 2.45) is 5.92 Å². The predicted octanol–water partition coefficient (Wildman–Crippen LogP) is 1.66. The molecule has 0 radical (unpaired) electrons. The van der Waals surface area contributed by atoms with E-state index in [4.69, 9.17) is 14.2 Å². The lowest BCUT2D eigenvalue weighted by Gasteiger charge is -2.32. The van der Waals surface area contributed by atoms with Crippen LogP contribution in [-0.4, -0.2) is 57.1 Å². The van der Waals surface area contributed by atoms with E-state index in [2.05, 4.69) is 4.90 Å². The second-order valence-electron chi connectivity index (χ2n) is 4.79. The van der Waals surface area contributed by atoms with Crippen molar-refractivity contribution in [3.63, 3.8) is 0 Å². The topological polar surface area (TPSA) is 48.0 Å². The van der Waals surface area contributed by atoms with Crippen molar-refractivity contribution in [2.45, 2.75) is 39.4 Å². The smallest absolute Gasteiger partial charge is 0.309 e. The van der Waals surface area contributed by atoms with Gasteiger partial charge in [-0.2, -0.15) is 0 Å². The van der Waals surface area contributed by atoms with E-state index in [9.17, 15) is 4.79 Å². The van der Waals surface area contributed by atoms with Crippen LogP contribution in [0.25, 0.3) is 0 Å². The lowest BCUT2D eigenvalue weighted by molar-refractivity contribution is -0.149. The second kappa shape index (κ2) is 9.28. The Kier molecular flexibility index (Phi) is 8.02. The number of nitrogens with zero attached hydrogens (tertiary/aromatic N) is 1. The maximum absolute atomic E-state index is 11.6.